The van der Waals surface area contributed by atoms with Gasteiger partial charge in [-0.3, -0.25) is 4.79 Å². The fraction of sp³-hybridized carbons (Fsp3) is 0.500. The third-order valence-electron chi connectivity index (χ3n) is 5.43. The van der Waals surface area contributed by atoms with Crippen molar-refractivity contribution in [1.82, 2.24) is 15.5 Å². The molecule has 146 valence electrons. The van der Waals surface area contributed by atoms with E-state index in [1.54, 1.807) is 11.3 Å². The maximum absolute atomic E-state index is 12.6. The van der Waals surface area contributed by atoms with E-state index in [-0.39, 0.29) is 11.9 Å². The number of thiophene rings is 1. The molecule has 0 spiro atoms. The fourth-order valence-electron chi connectivity index (χ4n) is 3.76. The molecule has 27 heavy (non-hydrogen) atoms. The number of hydrogen-bond donors (Lipinski definition) is 2. The van der Waals surface area contributed by atoms with E-state index in [0.717, 1.165) is 37.7 Å². The number of nitrogens with zero attached hydrogens (tertiary/aromatic N) is 1. The van der Waals surface area contributed by atoms with Gasteiger partial charge in [-0.2, -0.15) is 0 Å². The molecule has 0 radical (unpaired) electrons. The minimum absolute atomic E-state index is 0.0500. The predicted octanol–water partition coefficient (Wildman–Crippen LogP) is 3.67. The second kappa shape index (κ2) is 10.6. The summed E-state index contributed by atoms with van der Waals surface area (Å²) in [7, 11) is 2.02. The molecule has 1 aromatic heterocycles. The number of nitrogens with one attached hydrogen (secondary N) is 2. The van der Waals surface area contributed by atoms with E-state index in [0.29, 0.717) is 6.42 Å². The van der Waals surface area contributed by atoms with Gasteiger partial charge in [0, 0.05) is 17.8 Å². The van der Waals surface area contributed by atoms with Crippen LogP contribution in [-0.2, 0) is 4.79 Å². The van der Waals surface area contributed by atoms with Crippen molar-refractivity contribution in [2.45, 2.75) is 31.7 Å². The summed E-state index contributed by atoms with van der Waals surface area (Å²) in [5.74, 6) is 0.971. The van der Waals surface area contributed by atoms with Gasteiger partial charge in [-0.15, -0.1) is 11.3 Å². The Balaban J connectivity index is 1.48. The highest BCUT2D eigenvalue weighted by Gasteiger charge is 2.21. The molecule has 2 N–H and O–H groups in total. The van der Waals surface area contributed by atoms with Gasteiger partial charge < -0.3 is 15.5 Å². The van der Waals surface area contributed by atoms with Crippen molar-refractivity contribution in [3.8, 4) is 0 Å². The number of likely N-dealkylation sites (tertiary alicyclic amines) is 1. The van der Waals surface area contributed by atoms with E-state index < -0.39 is 0 Å². The Bertz CT molecular complexity index is 666. The van der Waals surface area contributed by atoms with Crippen LogP contribution in [0.25, 0.3) is 0 Å². The van der Waals surface area contributed by atoms with Crippen LogP contribution in [0.3, 0.4) is 0 Å². The summed E-state index contributed by atoms with van der Waals surface area (Å²) in [6.07, 6.45) is 4.34. The Morgan fingerprint density at radius 2 is 1.96 bits per heavy atom. The van der Waals surface area contributed by atoms with Gasteiger partial charge >= 0.3 is 0 Å². The quantitative estimate of drug-likeness (QED) is 0.692. The molecule has 1 unspecified atom stereocenters. The van der Waals surface area contributed by atoms with Crippen molar-refractivity contribution < 1.29 is 4.79 Å². The maximum atomic E-state index is 12.6. The van der Waals surface area contributed by atoms with Gasteiger partial charge in [0.05, 0.1) is 6.04 Å². The number of rotatable bonds is 9. The molecule has 1 fully saturated rings. The van der Waals surface area contributed by atoms with Crippen LogP contribution in [0, 0.1) is 5.92 Å². The number of benzene rings is 1. The lowest BCUT2D eigenvalue weighted by atomic mass is 9.93. The lowest BCUT2D eigenvalue weighted by molar-refractivity contribution is -0.122. The van der Waals surface area contributed by atoms with Gasteiger partial charge in [0.2, 0.25) is 5.91 Å². The molecule has 3 rings (SSSR count). The monoisotopic (exact) mass is 385 g/mol. The first kappa shape index (κ1) is 20.1. The van der Waals surface area contributed by atoms with Crippen LogP contribution in [-0.4, -0.2) is 44.0 Å². The molecule has 0 aliphatic carbocycles. The molecule has 1 atom stereocenters. The second-order valence-corrected chi connectivity index (χ2v) is 8.33. The van der Waals surface area contributed by atoms with Crippen molar-refractivity contribution in [3.63, 3.8) is 0 Å². The molecule has 1 aliphatic rings. The number of amides is 1. The van der Waals surface area contributed by atoms with Crippen molar-refractivity contribution >= 4 is 17.2 Å². The zero-order chi connectivity index (χ0) is 18.9. The number of carbonyl (C=O) groups excluding carboxylic acids is 1. The molecule has 1 amide bonds. The molecular formula is C22H31N3OS. The molecule has 1 saturated heterocycles. The smallest absolute Gasteiger partial charge is 0.222 e. The molecule has 4 nitrogen and oxygen atoms in total. The lowest BCUT2D eigenvalue weighted by Crippen LogP contribution is -2.38. The van der Waals surface area contributed by atoms with Crippen LogP contribution in [0.5, 0.6) is 0 Å². The van der Waals surface area contributed by atoms with Gasteiger partial charge in [-0.25, -0.2) is 0 Å². The summed E-state index contributed by atoms with van der Waals surface area (Å²) in [4.78, 5) is 16.3. The van der Waals surface area contributed by atoms with E-state index in [4.69, 9.17) is 0 Å². The highest BCUT2D eigenvalue weighted by Crippen LogP contribution is 2.26. The Labute approximate surface area is 167 Å². The summed E-state index contributed by atoms with van der Waals surface area (Å²) in [6.45, 7) is 4.20. The van der Waals surface area contributed by atoms with Gasteiger partial charge in [0.25, 0.3) is 0 Å². The predicted molar refractivity (Wildman–Crippen MR) is 113 cm³/mol. The zero-order valence-corrected chi connectivity index (χ0v) is 17.0. The number of hydrogen-bond acceptors (Lipinski definition) is 4. The largest absolute Gasteiger partial charge is 0.344 e. The number of carbonyl (C=O) groups is 1. The summed E-state index contributed by atoms with van der Waals surface area (Å²) in [5, 5.41) is 8.56. The Hall–Kier alpha value is -1.69. The molecular weight excluding hydrogens is 354 g/mol. The van der Waals surface area contributed by atoms with Crippen molar-refractivity contribution in [2.75, 3.05) is 33.2 Å². The average molecular weight is 386 g/mol. The fourth-order valence-corrected chi connectivity index (χ4v) is 4.56. The van der Waals surface area contributed by atoms with Gasteiger partial charge in [-0.05, 0) is 68.9 Å². The molecule has 0 bridgehead atoms. The van der Waals surface area contributed by atoms with E-state index in [2.05, 4.69) is 39.1 Å². The van der Waals surface area contributed by atoms with Crippen LogP contribution < -0.4 is 10.6 Å². The maximum Gasteiger partial charge on any atom is 0.222 e. The molecule has 2 heterocycles. The topological polar surface area (TPSA) is 44.4 Å². The summed E-state index contributed by atoms with van der Waals surface area (Å²) in [5.41, 5.74) is 1.14. The summed E-state index contributed by atoms with van der Waals surface area (Å²) < 4.78 is 0. The van der Waals surface area contributed by atoms with Crippen molar-refractivity contribution in [3.05, 3.63) is 58.3 Å². The first-order valence-corrected chi connectivity index (χ1v) is 10.9. The Kier molecular flexibility index (Phi) is 7.87. The Morgan fingerprint density at radius 3 is 2.63 bits per heavy atom. The molecule has 1 aromatic carbocycles. The minimum Gasteiger partial charge on any atom is -0.344 e. The first-order chi connectivity index (χ1) is 13.3. The number of piperidine rings is 1. The van der Waals surface area contributed by atoms with Crippen LogP contribution in [0.1, 0.15) is 42.2 Å². The summed E-state index contributed by atoms with van der Waals surface area (Å²) in [6, 6.07) is 14.3. The van der Waals surface area contributed by atoms with E-state index in [1.165, 1.54) is 24.1 Å². The normalized spacial score (nSPS) is 16.9. The zero-order valence-electron chi connectivity index (χ0n) is 16.2. The van der Waals surface area contributed by atoms with E-state index in [1.807, 2.05) is 31.3 Å². The molecule has 1 aliphatic heterocycles. The molecule has 5 heteroatoms. The third-order valence-corrected chi connectivity index (χ3v) is 6.37. The minimum atomic E-state index is -0.0500. The second-order valence-electron chi connectivity index (χ2n) is 7.35. The Morgan fingerprint density at radius 1 is 1.19 bits per heavy atom. The van der Waals surface area contributed by atoms with Gasteiger partial charge in [0.15, 0.2) is 0 Å². The van der Waals surface area contributed by atoms with E-state index in [9.17, 15) is 4.79 Å². The first-order valence-electron chi connectivity index (χ1n) is 10.0. The SMILES string of the molecule is CNCCC1CCN(CCC(=O)NC(c2ccccc2)c2cccs2)CC1. The highest BCUT2D eigenvalue weighted by atomic mass is 32.1. The third kappa shape index (κ3) is 6.16. The van der Waals surface area contributed by atoms with Crippen LogP contribution in [0.2, 0.25) is 0 Å². The van der Waals surface area contributed by atoms with Crippen molar-refractivity contribution in [1.29, 1.82) is 0 Å². The van der Waals surface area contributed by atoms with Gasteiger partial charge in [-0.1, -0.05) is 36.4 Å². The van der Waals surface area contributed by atoms with Crippen LogP contribution in [0.15, 0.2) is 47.8 Å². The van der Waals surface area contributed by atoms with Crippen LogP contribution >= 0.6 is 11.3 Å². The lowest BCUT2D eigenvalue weighted by Gasteiger charge is -2.32. The summed E-state index contributed by atoms with van der Waals surface area (Å²) >= 11 is 1.69. The molecule has 2 aromatic rings. The van der Waals surface area contributed by atoms with Crippen LogP contribution in [0.4, 0.5) is 0 Å². The van der Waals surface area contributed by atoms with Crippen molar-refractivity contribution in [2.24, 2.45) is 5.92 Å². The molecule has 0 saturated carbocycles. The van der Waals surface area contributed by atoms with E-state index >= 15 is 0 Å². The van der Waals surface area contributed by atoms with Gasteiger partial charge in [0.1, 0.15) is 0 Å². The standard InChI is InChI=1S/C22H31N3OS/c1-23-13-9-18-10-14-25(15-11-18)16-12-21(26)24-22(20-8-5-17-27-20)19-6-3-2-4-7-19/h2-8,17-18,22-23H,9-16H2,1H3,(H,24,26). The average Bonchev–Trinajstić information content (AvgIpc) is 3.25. The highest BCUT2D eigenvalue weighted by molar-refractivity contribution is 7.10.